The number of nitrogens with zero attached hydrogens (tertiary/aromatic N) is 2. The van der Waals surface area contributed by atoms with E-state index in [4.69, 9.17) is 5.10 Å². The lowest BCUT2D eigenvalue weighted by Gasteiger charge is -2.22. The summed E-state index contributed by atoms with van der Waals surface area (Å²) in [4.78, 5) is 0. The lowest BCUT2D eigenvalue weighted by atomic mass is 10.1. The summed E-state index contributed by atoms with van der Waals surface area (Å²) in [7, 11) is 0. The van der Waals surface area contributed by atoms with E-state index in [2.05, 4.69) is 34.6 Å². The first-order valence-electron chi connectivity index (χ1n) is 6.64. The average molecular weight is 261 g/mol. The highest BCUT2D eigenvalue weighted by atomic mass is 32.2. The first kappa shape index (κ1) is 12.1. The third-order valence-corrected chi connectivity index (χ3v) is 4.40. The molecule has 3 rings (SSSR count). The van der Waals surface area contributed by atoms with Crippen LogP contribution in [0, 0.1) is 0 Å². The molecular weight excluding hydrogens is 242 g/mol. The number of anilines is 1. The van der Waals surface area contributed by atoms with Gasteiger partial charge in [0.2, 0.25) is 0 Å². The van der Waals surface area contributed by atoms with Crippen molar-refractivity contribution in [2.24, 2.45) is 5.10 Å². The number of hydrazone groups is 1. The zero-order chi connectivity index (χ0) is 12.2. The maximum atomic E-state index is 4.89. The fourth-order valence-corrected chi connectivity index (χ4v) is 3.34. The highest BCUT2D eigenvalue weighted by Gasteiger charge is 2.16. The fourth-order valence-electron chi connectivity index (χ4n) is 2.43. The third-order valence-electron chi connectivity index (χ3n) is 3.42. The Bertz CT molecular complexity index is 436. The zero-order valence-electron chi connectivity index (χ0n) is 10.6. The summed E-state index contributed by atoms with van der Waals surface area (Å²) in [6.45, 7) is 3.17. The van der Waals surface area contributed by atoms with E-state index in [1.165, 1.54) is 17.0 Å². The van der Waals surface area contributed by atoms with Crippen LogP contribution in [0.15, 0.2) is 29.4 Å². The van der Waals surface area contributed by atoms with Crippen molar-refractivity contribution in [3.8, 4) is 0 Å². The van der Waals surface area contributed by atoms with Crippen LogP contribution in [0.2, 0.25) is 0 Å². The van der Waals surface area contributed by atoms with Gasteiger partial charge in [-0.25, -0.2) is 0 Å². The summed E-state index contributed by atoms with van der Waals surface area (Å²) in [5.74, 6) is 2.27. The normalized spacial score (nSPS) is 20.2. The van der Waals surface area contributed by atoms with Gasteiger partial charge in [-0.2, -0.15) is 16.9 Å². The van der Waals surface area contributed by atoms with Crippen molar-refractivity contribution in [2.45, 2.75) is 18.6 Å². The van der Waals surface area contributed by atoms with E-state index in [9.17, 15) is 0 Å². The molecule has 0 aliphatic carbocycles. The molecule has 0 amide bonds. The summed E-state index contributed by atoms with van der Waals surface area (Å²) in [5.41, 5.74) is 4.06. The van der Waals surface area contributed by atoms with E-state index in [0.29, 0.717) is 0 Å². The zero-order valence-corrected chi connectivity index (χ0v) is 11.4. The summed E-state index contributed by atoms with van der Waals surface area (Å²) in [6.07, 6.45) is 2.18. The molecule has 3 nitrogen and oxygen atoms in total. The van der Waals surface area contributed by atoms with Crippen LogP contribution in [-0.4, -0.2) is 31.1 Å². The SMILES string of the molecule is c1ccc2c(c1)CSCCN2N=C1CCNCC1. The molecule has 0 atom stereocenters. The lowest BCUT2D eigenvalue weighted by molar-refractivity contribution is 0.665. The standard InChI is InChI=1S/C14H19N3S/c1-2-4-14-12(3-1)11-18-10-9-17(14)16-13-5-7-15-8-6-13/h1-4,15H,5-11H2. The molecule has 18 heavy (non-hydrogen) atoms. The Labute approximate surface area is 113 Å². The van der Waals surface area contributed by atoms with Gasteiger partial charge in [-0.3, -0.25) is 5.01 Å². The van der Waals surface area contributed by atoms with Crippen LogP contribution in [0.1, 0.15) is 18.4 Å². The second kappa shape index (κ2) is 5.76. The lowest BCUT2D eigenvalue weighted by Crippen LogP contribution is -2.30. The van der Waals surface area contributed by atoms with Crippen LogP contribution in [0.4, 0.5) is 5.69 Å². The van der Waals surface area contributed by atoms with E-state index in [1.54, 1.807) is 0 Å². The van der Waals surface area contributed by atoms with Crippen molar-refractivity contribution < 1.29 is 0 Å². The van der Waals surface area contributed by atoms with E-state index in [0.717, 1.165) is 44.0 Å². The minimum atomic E-state index is 1.03. The molecule has 0 spiro atoms. The van der Waals surface area contributed by atoms with Crippen LogP contribution in [0.5, 0.6) is 0 Å². The maximum Gasteiger partial charge on any atom is 0.0634 e. The Morgan fingerprint density at radius 2 is 2.00 bits per heavy atom. The van der Waals surface area contributed by atoms with Crippen LogP contribution in [0.3, 0.4) is 0 Å². The maximum absolute atomic E-state index is 4.89. The predicted molar refractivity (Wildman–Crippen MR) is 79.5 cm³/mol. The number of hydrogen-bond donors (Lipinski definition) is 1. The molecule has 0 radical (unpaired) electrons. The van der Waals surface area contributed by atoms with Gasteiger partial charge in [-0.15, -0.1) is 0 Å². The van der Waals surface area contributed by atoms with Crippen LogP contribution < -0.4 is 10.3 Å². The molecule has 1 N–H and O–H groups in total. The second-order valence-electron chi connectivity index (χ2n) is 4.72. The number of rotatable bonds is 1. The Balaban J connectivity index is 1.87. The van der Waals surface area contributed by atoms with Crippen LogP contribution in [0.25, 0.3) is 0 Å². The molecule has 0 unspecified atom stereocenters. The molecular formula is C14H19N3S. The minimum absolute atomic E-state index is 1.03. The van der Waals surface area contributed by atoms with Crippen molar-refractivity contribution in [2.75, 3.05) is 30.4 Å². The number of fused-ring (bicyclic) bond motifs is 1. The Hall–Kier alpha value is -1.00. The van der Waals surface area contributed by atoms with Gasteiger partial charge in [0.15, 0.2) is 0 Å². The van der Waals surface area contributed by atoms with Gasteiger partial charge in [0.1, 0.15) is 0 Å². The van der Waals surface area contributed by atoms with Crippen molar-refractivity contribution in [3.05, 3.63) is 29.8 Å². The predicted octanol–water partition coefficient (Wildman–Crippen LogP) is 2.48. The minimum Gasteiger partial charge on any atom is -0.316 e. The first-order valence-corrected chi connectivity index (χ1v) is 7.79. The van der Waals surface area contributed by atoms with Crippen LogP contribution >= 0.6 is 11.8 Å². The highest BCUT2D eigenvalue weighted by molar-refractivity contribution is 7.98. The number of nitrogens with one attached hydrogen (secondary N) is 1. The summed E-state index contributed by atoms with van der Waals surface area (Å²) in [6, 6.07) is 8.67. The highest BCUT2D eigenvalue weighted by Crippen LogP contribution is 2.28. The molecule has 2 aliphatic heterocycles. The van der Waals surface area contributed by atoms with Gasteiger partial charge < -0.3 is 5.32 Å². The topological polar surface area (TPSA) is 27.6 Å². The van der Waals surface area contributed by atoms with E-state index in [1.807, 2.05) is 11.8 Å². The Kier molecular flexibility index (Phi) is 3.86. The van der Waals surface area contributed by atoms with Crippen molar-refractivity contribution in [1.29, 1.82) is 0 Å². The summed E-state index contributed by atoms with van der Waals surface area (Å²) < 4.78 is 0. The van der Waals surface area contributed by atoms with Crippen molar-refractivity contribution in [3.63, 3.8) is 0 Å². The molecule has 2 aliphatic rings. The summed E-state index contributed by atoms with van der Waals surface area (Å²) >= 11 is 2.00. The molecule has 1 aromatic rings. The molecule has 1 saturated heterocycles. The largest absolute Gasteiger partial charge is 0.316 e. The van der Waals surface area contributed by atoms with Gasteiger partial charge >= 0.3 is 0 Å². The monoisotopic (exact) mass is 261 g/mol. The van der Waals surface area contributed by atoms with Gasteiger partial charge in [-0.1, -0.05) is 18.2 Å². The molecule has 2 heterocycles. The second-order valence-corrected chi connectivity index (χ2v) is 5.83. The average Bonchev–Trinajstić information content (AvgIpc) is 2.63. The van der Waals surface area contributed by atoms with Gasteiger partial charge in [0, 0.05) is 43.1 Å². The number of piperidine rings is 1. The first-order chi connectivity index (χ1) is 8.93. The molecule has 0 bridgehead atoms. The number of benzene rings is 1. The quantitative estimate of drug-likeness (QED) is 0.841. The number of thioether (sulfide) groups is 1. The van der Waals surface area contributed by atoms with Gasteiger partial charge in [0.05, 0.1) is 12.2 Å². The molecule has 4 heteroatoms. The van der Waals surface area contributed by atoms with Crippen molar-refractivity contribution >= 4 is 23.2 Å². The Morgan fingerprint density at radius 3 is 2.89 bits per heavy atom. The number of hydrogen-bond acceptors (Lipinski definition) is 4. The van der Waals surface area contributed by atoms with Gasteiger partial charge in [-0.05, 0) is 11.6 Å². The molecule has 0 aromatic heterocycles. The molecule has 0 saturated carbocycles. The van der Waals surface area contributed by atoms with Crippen molar-refractivity contribution in [1.82, 2.24) is 5.32 Å². The summed E-state index contributed by atoms with van der Waals surface area (Å²) in [5, 5.41) is 10.5. The van der Waals surface area contributed by atoms with Gasteiger partial charge in [0.25, 0.3) is 0 Å². The molecule has 1 fully saturated rings. The fraction of sp³-hybridized carbons (Fsp3) is 0.500. The van der Waals surface area contributed by atoms with E-state index in [-0.39, 0.29) is 0 Å². The Morgan fingerprint density at radius 1 is 1.17 bits per heavy atom. The van der Waals surface area contributed by atoms with E-state index < -0.39 is 0 Å². The number of para-hydroxylation sites is 1. The smallest absolute Gasteiger partial charge is 0.0634 e. The molecule has 96 valence electrons. The third kappa shape index (κ3) is 2.70. The molecule has 1 aromatic carbocycles. The van der Waals surface area contributed by atoms with Crippen LogP contribution in [-0.2, 0) is 5.75 Å². The van der Waals surface area contributed by atoms with E-state index >= 15 is 0 Å².